The fourth-order valence-electron chi connectivity index (χ4n) is 1.19. The second-order valence-corrected chi connectivity index (χ2v) is 4.69. The number of unbranched alkanes of at least 4 members (excludes halogenated alkanes) is 1. The van der Waals surface area contributed by atoms with E-state index >= 15 is 0 Å². The van der Waals surface area contributed by atoms with Gasteiger partial charge in [-0.05, 0) is 32.8 Å². The first-order valence-electron chi connectivity index (χ1n) is 6.74. The molecule has 1 unspecified atom stereocenters. The van der Waals surface area contributed by atoms with E-state index in [2.05, 4.69) is 5.32 Å². The fourth-order valence-corrected chi connectivity index (χ4v) is 1.19. The molecule has 0 aromatic carbocycles. The summed E-state index contributed by atoms with van der Waals surface area (Å²) in [6, 6.07) is 0. The van der Waals surface area contributed by atoms with Crippen molar-refractivity contribution in [1.29, 1.82) is 0 Å². The highest BCUT2D eigenvalue weighted by atomic mass is 16.3. The lowest BCUT2D eigenvalue weighted by atomic mass is 10.1. The SMILES string of the molecule is C/C=C/C=C/C=C\CC/C=C/C(=O)NCC(C)(O)CO. The highest BCUT2D eigenvalue weighted by Crippen LogP contribution is 1.98. The molecule has 0 saturated heterocycles. The van der Waals surface area contributed by atoms with Crippen molar-refractivity contribution in [3.8, 4) is 0 Å². The van der Waals surface area contributed by atoms with Crippen molar-refractivity contribution in [2.24, 2.45) is 0 Å². The zero-order valence-corrected chi connectivity index (χ0v) is 12.2. The van der Waals surface area contributed by atoms with Crippen LogP contribution in [0, 0.1) is 0 Å². The zero-order chi connectivity index (χ0) is 15.3. The molecule has 0 aromatic rings. The van der Waals surface area contributed by atoms with E-state index in [9.17, 15) is 9.90 Å². The van der Waals surface area contributed by atoms with Crippen LogP contribution in [0.1, 0.15) is 26.7 Å². The average molecular weight is 279 g/mol. The minimum Gasteiger partial charge on any atom is -0.393 e. The number of hydrogen-bond acceptors (Lipinski definition) is 3. The molecule has 1 amide bonds. The average Bonchev–Trinajstić information content (AvgIpc) is 2.43. The predicted octanol–water partition coefficient (Wildman–Crippen LogP) is 1.87. The molecule has 4 nitrogen and oxygen atoms in total. The van der Waals surface area contributed by atoms with Crippen LogP contribution >= 0.6 is 0 Å². The maximum absolute atomic E-state index is 11.4. The van der Waals surface area contributed by atoms with Crippen molar-refractivity contribution < 1.29 is 15.0 Å². The summed E-state index contributed by atoms with van der Waals surface area (Å²) in [5.41, 5.74) is -1.27. The van der Waals surface area contributed by atoms with Gasteiger partial charge in [0.2, 0.25) is 5.91 Å². The van der Waals surface area contributed by atoms with Crippen molar-refractivity contribution in [1.82, 2.24) is 5.32 Å². The van der Waals surface area contributed by atoms with Gasteiger partial charge in [0.05, 0.1) is 6.61 Å². The number of nitrogens with one attached hydrogen (secondary N) is 1. The fraction of sp³-hybridized carbons (Fsp3) is 0.438. The number of amides is 1. The summed E-state index contributed by atoms with van der Waals surface area (Å²) in [5.74, 6) is -0.268. The first-order chi connectivity index (χ1) is 9.52. The Morgan fingerprint density at radius 1 is 1.15 bits per heavy atom. The summed E-state index contributed by atoms with van der Waals surface area (Å²) in [5, 5.41) is 20.8. The van der Waals surface area contributed by atoms with E-state index in [1.807, 2.05) is 43.4 Å². The Kier molecular flexibility index (Phi) is 10.3. The Morgan fingerprint density at radius 2 is 1.80 bits per heavy atom. The van der Waals surface area contributed by atoms with Gasteiger partial charge in [0.25, 0.3) is 0 Å². The van der Waals surface area contributed by atoms with Gasteiger partial charge in [0, 0.05) is 6.54 Å². The molecule has 0 heterocycles. The third-order valence-corrected chi connectivity index (χ3v) is 2.42. The molecule has 0 fully saturated rings. The summed E-state index contributed by atoms with van der Waals surface area (Å²) >= 11 is 0. The summed E-state index contributed by atoms with van der Waals surface area (Å²) in [6.07, 6.45) is 16.7. The standard InChI is InChI=1S/C16H25NO3/c1-3-4-5-6-7-8-9-10-11-12-15(19)17-13-16(2,20)14-18/h3-8,11-12,18,20H,9-10,13-14H2,1-2H3,(H,17,19)/b4-3+,6-5+,8-7-,12-11+. The first kappa shape index (κ1) is 18.4. The molecule has 0 aliphatic heterocycles. The van der Waals surface area contributed by atoms with Crippen LogP contribution in [-0.4, -0.2) is 34.9 Å². The van der Waals surface area contributed by atoms with Crippen LogP contribution < -0.4 is 5.32 Å². The maximum atomic E-state index is 11.4. The molecular formula is C16H25NO3. The molecule has 112 valence electrons. The molecule has 0 rings (SSSR count). The number of allylic oxidation sites excluding steroid dienone is 7. The van der Waals surface area contributed by atoms with Crippen LogP contribution in [0.2, 0.25) is 0 Å². The molecule has 0 spiro atoms. The minimum atomic E-state index is -1.27. The topological polar surface area (TPSA) is 69.6 Å². The van der Waals surface area contributed by atoms with E-state index < -0.39 is 5.60 Å². The van der Waals surface area contributed by atoms with E-state index in [1.165, 1.54) is 13.0 Å². The van der Waals surface area contributed by atoms with Gasteiger partial charge in [-0.15, -0.1) is 0 Å². The summed E-state index contributed by atoms with van der Waals surface area (Å²) in [7, 11) is 0. The summed E-state index contributed by atoms with van der Waals surface area (Å²) in [4.78, 5) is 11.4. The second-order valence-electron chi connectivity index (χ2n) is 4.69. The van der Waals surface area contributed by atoms with Gasteiger partial charge in [0.15, 0.2) is 0 Å². The van der Waals surface area contributed by atoms with E-state index in [4.69, 9.17) is 5.11 Å². The number of aliphatic hydroxyl groups is 2. The summed E-state index contributed by atoms with van der Waals surface area (Å²) in [6.45, 7) is 3.07. The molecule has 1 atom stereocenters. The number of hydrogen-bond donors (Lipinski definition) is 3. The number of aliphatic hydroxyl groups excluding tert-OH is 1. The summed E-state index contributed by atoms with van der Waals surface area (Å²) < 4.78 is 0. The largest absolute Gasteiger partial charge is 0.393 e. The monoisotopic (exact) mass is 279 g/mol. The van der Waals surface area contributed by atoms with Crippen LogP contribution in [0.3, 0.4) is 0 Å². The molecule has 0 saturated carbocycles. The van der Waals surface area contributed by atoms with Crippen LogP contribution in [0.25, 0.3) is 0 Å². The lowest BCUT2D eigenvalue weighted by Gasteiger charge is -2.19. The number of carbonyl (C=O) groups is 1. The Hall–Kier alpha value is -1.65. The quantitative estimate of drug-likeness (QED) is 0.343. The number of rotatable bonds is 9. The van der Waals surface area contributed by atoms with Gasteiger partial charge in [-0.25, -0.2) is 0 Å². The second kappa shape index (κ2) is 11.2. The third kappa shape index (κ3) is 11.4. The van der Waals surface area contributed by atoms with Crippen LogP contribution in [0.15, 0.2) is 48.6 Å². The zero-order valence-electron chi connectivity index (χ0n) is 12.2. The molecule has 3 N–H and O–H groups in total. The van der Waals surface area contributed by atoms with Crippen LogP contribution in [0.4, 0.5) is 0 Å². The van der Waals surface area contributed by atoms with Gasteiger partial charge in [0.1, 0.15) is 5.60 Å². The highest BCUT2D eigenvalue weighted by Gasteiger charge is 2.18. The Balaban J connectivity index is 3.77. The first-order valence-corrected chi connectivity index (χ1v) is 6.74. The molecule has 4 heteroatoms. The van der Waals surface area contributed by atoms with Gasteiger partial charge < -0.3 is 15.5 Å². The molecule has 0 aliphatic carbocycles. The molecular weight excluding hydrogens is 254 g/mol. The van der Waals surface area contributed by atoms with Crippen LogP contribution in [-0.2, 0) is 4.79 Å². The van der Waals surface area contributed by atoms with Crippen molar-refractivity contribution >= 4 is 5.91 Å². The Labute approximate surface area is 121 Å². The third-order valence-electron chi connectivity index (χ3n) is 2.42. The smallest absolute Gasteiger partial charge is 0.243 e. The van der Waals surface area contributed by atoms with E-state index in [1.54, 1.807) is 6.08 Å². The van der Waals surface area contributed by atoms with E-state index in [-0.39, 0.29) is 19.1 Å². The normalized spacial score (nSPS) is 15.6. The van der Waals surface area contributed by atoms with Gasteiger partial charge >= 0.3 is 0 Å². The molecule has 0 aromatic heterocycles. The molecule has 20 heavy (non-hydrogen) atoms. The van der Waals surface area contributed by atoms with E-state index in [0.29, 0.717) is 0 Å². The number of carbonyl (C=O) groups excluding carboxylic acids is 1. The van der Waals surface area contributed by atoms with E-state index in [0.717, 1.165) is 12.8 Å². The van der Waals surface area contributed by atoms with Gasteiger partial charge in [-0.2, -0.15) is 0 Å². The van der Waals surface area contributed by atoms with Crippen LogP contribution in [0.5, 0.6) is 0 Å². The predicted molar refractivity (Wildman–Crippen MR) is 82.2 cm³/mol. The Morgan fingerprint density at radius 3 is 2.45 bits per heavy atom. The molecule has 0 aliphatic rings. The Bertz CT molecular complexity index is 379. The van der Waals surface area contributed by atoms with Crippen molar-refractivity contribution in [3.05, 3.63) is 48.6 Å². The molecule has 0 radical (unpaired) electrons. The lowest BCUT2D eigenvalue weighted by molar-refractivity contribution is -0.118. The maximum Gasteiger partial charge on any atom is 0.243 e. The highest BCUT2D eigenvalue weighted by molar-refractivity contribution is 5.87. The molecule has 0 bridgehead atoms. The van der Waals surface area contributed by atoms with Crippen molar-refractivity contribution in [2.75, 3.05) is 13.2 Å². The lowest BCUT2D eigenvalue weighted by Crippen LogP contribution is -2.42. The minimum absolute atomic E-state index is 0.0301. The van der Waals surface area contributed by atoms with Crippen molar-refractivity contribution in [2.45, 2.75) is 32.3 Å². The van der Waals surface area contributed by atoms with Gasteiger partial charge in [-0.3, -0.25) is 4.79 Å². The van der Waals surface area contributed by atoms with Gasteiger partial charge in [-0.1, -0.05) is 42.5 Å². The van der Waals surface area contributed by atoms with Crippen molar-refractivity contribution in [3.63, 3.8) is 0 Å².